The van der Waals surface area contributed by atoms with Gasteiger partial charge in [0.15, 0.2) is 0 Å². The van der Waals surface area contributed by atoms with Crippen LogP contribution < -0.4 is 0 Å². The van der Waals surface area contributed by atoms with Crippen LogP contribution in [0.2, 0.25) is 0 Å². The summed E-state index contributed by atoms with van der Waals surface area (Å²) in [6.07, 6.45) is 8.17. The summed E-state index contributed by atoms with van der Waals surface area (Å²) in [6, 6.07) is 3.90. The topological polar surface area (TPSA) is 78.9 Å². The number of carbonyl (C=O) groups excluding carboxylic acids is 3. The first-order valence-corrected chi connectivity index (χ1v) is 7.15. The first-order chi connectivity index (χ1) is 11.5. The van der Waals surface area contributed by atoms with E-state index in [0.717, 1.165) is 0 Å². The number of ether oxygens (including phenoxy) is 3. The maximum absolute atomic E-state index is 12.1. The number of benzene rings is 1. The lowest BCUT2D eigenvalue weighted by Crippen LogP contribution is -2.13. The molecule has 24 heavy (non-hydrogen) atoms. The molecule has 126 valence electrons. The van der Waals surface area contributed by atoms with Gasteiger partial charge < -0.3 is 14.2 Å². The van der Waals surface area contributed by atoms with Crippen LogP contribution in [-0.4, -0.2) is 17.9 Å². The summed E-state index contributed by atoms with van der Waals surface area (Å²) in [4.78, 5) is 36.0. The van der Waals surface area contributed by atoms with Crippen LogP contribution in [0.3, 0.4) is 0 Å². The Kier molecular flexibility index (Phi) is 7.70. The summed E-state index contributed by atoms with van der Waals surface area (Å²) in [5, 5.41) is 0. The molecule has 1 aromatic carbocycles. The molecule has 0 aliphatic heterocycles. The van der Waals surface area contributed by atoms with E-state index >= 15 is 0 Å². The van der Waals surface area contributed by atoms with Gasteiger partial charge in [0, 0.05) is 0 Å². The number of allylic oxidation sites excluding steroid dienone is 3. The lowest BCUT2D eigenvalue weighted by molar-refractivity contribution is 0.0615. The van der Waals surface area contributed by atoms with E-state index in [1.54, 1.807) is 26.8 Å². The van der Waals surface area contributed by atoms with Crippen molar-refractivity contribution in [1.29, 1.82) is 0 Å². The van der Waals surface area contributed by atoms with Gasteiger partial charge in [0.2, 0.25) is 0 Å². The van der Waals surface area contributed by atoms with E-state index in [-0.39, 0.29) is 16.7 Å². The molecular weight excluding hydrogens is 312 g/mol. The molecule has 0 aliphatic carbocycles. The zero-order valence-electron chi connectivity index (χ0n) is 13.6. The van der Waals surface area contributed by atoms with E-state index in [9.17, 15) is 14.4 Å². The number of hydrogen-bond donors (Lipinski definition) is 0. The molecule has 0 saturated carbocycles. The fourth-order valence-corrected chi connectivity index (χ4v) is 1.60. The van der Waals surface area contributed by atoms with Crippen LogP contribution in [0.4, 0.5) is 0 Å². The van der Waals surface area contributed by atoms with E-state index in [4.69, 9.17) is 14.2 Å². The minimum atomic E-state index is -0.791. The van der Waals surface area contributed by atoms with Gasteiger partial charge in [0.05, 0.1) is 35.5 Å². The molecule has 0 unspecified atom stereocenters. The van der Waals surface area contributed by atoms with Gasteiger partial charge in [-0.15, -0.1) is 0 Å². The second kappa shape index (κ2) is 9.78. The normalized spacial score (nSPS) is 11.1. The molecule has 0 aromatic heterocycles. The molecule has 0 aliphatic rings. The Bertz CT molecular complexity index is 697. The molecule has 0 saturated heterocycles. The number of esters is 3. The monoisotopic (exact) mass is 330 g/mol. The van der Waals surface area contributed by atoms with Crippen LogP contribution in [0.5, 0.6) is 0 Å². The van der Waals surface area contributed by atoms with Gasteiger partial charge in [0.25, 0.3) is 0 Å². The molecule has 1 aromatic rings. The maximum Gasteiger partial charge on any atom is 0.343 e. The molecule has 0 atom stereocenters. The van der Waals surface area contributed by atoms with Crippen molar-refractivity contribution in [2.24, 2.45) is 0 Å². The van der Waals surface area contributed by atoms with Crippen molar-refractivity contribution in [2.75, 3.05) is 0 Å². The Morgan fingerprint density at radius 3 is 1.67 bits per heavy atom. The van der Waals surface area contributed by atoms with E-state index in [1.807, 2.05) is 0 Å². The van der Waals surface area contributed by atoms with Crippen molar-refractivity contribution in [3.05, 3.63) is 71.9 Å². The third kappa shape index (κ3) is 5.24. The van der Waals surface area contributed by atoms with Gasteiger partial charge >= 0.3 is 17.9 Å². The standard InChI is InChI=1S/C18H18O6/c1-4-9-22-16(19)13-7-8-14(17(20)23-10-5-2)15(12-13)18(21)24-11-6-3/h4-12H,1-3H3. The molecule has 0 fully saturated rings. The van der Waals surface area contributed by atoms with Gasteiger partial charge in [-0.3, -0.25) is 0 Å². The molecule has 6 nitrogen and oxygen atoms in total. The second-order valence-electron chi connectivity index (χ2n) is 4.38. The van der Waals surface area contributed by atoms with Crippen molar-refractivity contribution < 1.29 is 28.6 Å². The van der Waals surface area contributed by atoms with Crippen LogP contribution in [0.25, 0.3) is 0 Å². The average Bonchev–Trinajstić information content (AvgIpc) is 2.61. The predicted octanol–water partition coefficient (Wildman–Crippen LogP) is 3.76. The molecular formula is C18H18O6. The average molecular weight is 330 g/mol. The quantitative estimate of drug-likeness (QED) is 0.449. The molecule has 0 N–H and O–H groups in total. The van der Waals surface area contributed by atoms with Gasteiger partial charge in [-0.1, -0.05) is 18.2 Å². The predicted molar refractivity (Wildman–Crippen MR) is 87.1 cm³/mol. The highest BCUT2D eigenvalue weighted by molar-refractivity contribution is 6.05. The van der Waals surface area contributed by atoms with Crippen molar-refractivity contribution in [3.8, 4) is 0 Å². The highest BCUT2D eigenvalue weighted by Gasteiger charge is 2.21. The third-order valence-electron chi connectivity index (χ3n) is 2.63. The Morgan fingerprint density at radius 2 is 1.17 bits per heavy atom. The fourth-order valence-electron chi connectivity index (χ4n) is 1.60. The smallest absolute Gasteiger partial charge is 0.343 e. The Hall–Kier alpha value is -3.15. The van der Waals surface area contributed by atoms with E-state index in [1.165, 1.54) is 49.1 Å². The van der Waals surface area contributed by atoms with Crippen molar-refractivity contribution in [1.82, 2.24) is 0 Å². The van der Waals surface area contributed by atoms with E-state index < -0.39 is 17.9 Å². The summed E-state index contributed by atoms with van der Waals surface area (Å²) < 4.78 is 14.6. The molecule has 0 radical (unpaired) electrons. The molecule has 0 heterocycles. The lowest BCUT2D eigenvalue weighted by atomic mass is 10.0. The molecule has 0 bridgehead atoms. The van der Waals surface area contributed by atoms with Gasteiger partial charge in [0.1, 0.15) is 0 Å². The van der Waals surface area contributed by atoms with Crippen molar-refractivity contribution in [2.45, 2.75) is 20.8 Å². The Labute approximate surface area is 140 Å². The number of hydrogen-bond acceptors (Lipinski definition) is 6. The summed E-state index contributed by atoms with van der Waals surface area (Å²) in [5.41, 5.74) is -0.0224. The maximum atomic E-state index is 12.1. The first-order valence-electron chi connectivity index (χ1n) is 7.15. The summed E-state index contributed by atoms with van der Waals surface area (Å²) in [7, 11) is 0. The number of carbonyl (C=O) groups is 3. The van der Waals surface area contributed by atoms with Crippen LogP contribution >= 0.6 is 0 Å². The van der Waals surface area contributed by atoms with Gasteiger partial charge in [-0.05, 0) is 39.0 Å². The van der Waals surface area contributed by atoms with Crippen molar-refractivity contribution in [3.63, 3.8) is 0 Å². The van der Waals surface area contributed by atoms with Crippen LogP contribution in [0, 0.1) is 0 Å². The second-order valence-corrected chi connectivity index (χ2v) is 4.38. The molecule has 0 amide bonds. The van der Waals surface area contributed by atoms with Crippen molar-refractivity contribution >= 4 is 17.9 Å². The van der Waals surface area contributed by atoms with Crippen LogP contribution in [-0.2, 0) is 14.2 Å². The van der Waals surface area contributed by atoms with E-state index in [2.05, 4.69) is 0 Å². The molecule has 6 heteroatoms. The summed E-state index contributed by atoms with van der Waals surface area (Å²) in [5.74, 6) is -2.20. The third-order valence-corrected chi connectivity index (χ3v) is 2.63. The lowest BCUT2D eigenvalue weighted by Gasteiger charge is -2.08. The molecule has 0 spiro atoms. The van der Waals surface area contributed by atoms with E-state index in [0.29, 0.717) is 0 Å². The zero-order valence-corrected chi connectivity index (χ0v) is 13.6. The zero-order chi connectivity index (χ0) is 17.9. The molecule has 1 rings (SSSR count). The first kappa shape index (κ1) is 18.9. The minimum absolute atomic E-state index is 0.0230. The fraction of sp³-hybridized carbons (Fsp3) is 0.167. The largest absolute Gasteiger partial charge is 0.431 e. The van der Waals surface area contributed by atoms with Crippen LogP contribution in [0.1, 0.15) is 51.8 Å². The highest BCUT2D eigenvalue weighted by Crippen LogP contribution is 2.16. The number of rotatable bonds is 6. The minimum Gasteiger partial charge on any atom is -0.431 e. The van der Waals surface area contributed by atoms with Gasteiger partial charge in [-0.2, -0.15) is 0 Å². The Balaban J connectivity index is 3.25. The summed E-state index contributed by atoms with van der Waals surface area (Å²) >= 11 is 0. The highest BCUT2D eigenvalue weighted by atomic mass is 16.5. The summed E-state index contributed by atoms with van der Waals surface area (Å²) in [6.45, 7) is 5.03. The Morgan fingerprint density at radius 1 is 0.708 bits per heavy atom. The van der Waals surface area contributed by atoms with Crippen LogP contribution in [0.15, 0.2) is 55.2 Å². The SMILES string of the molecule is CC=COC(=O)c1ccc(C(=O)OC=CC)c(C(=O)OC=CC)c1. The van der Waals surface area contributed by atoms with Gasteiger partial charge in [-0.25, -0.2) is 14.4 Å².